The van der Waals surface area contributed by atoms with Gasteiger partial charge in [0.05, 0.1) is 6.61 Å². The van der Waals surface area contributed by atoms with Gasteiger partial charge in [0.1, 0.15) is 12.7 Å². The molecular weight excluding hydrogens is 276 g/mol. The molecule has 0 heterocycles. The molecular formula is C15H32O6. The molecule has 0 bridgehead atoms. The highest BCUT2D eigenvalue weighted by atomic mass is 16.5. The van der Waals surface area contributed by atoms with E-state index in [9.17, 15) is 4.79 Å². The van der Waals surface area contributed by atoms with Crippen LogP contribution in [0.4, 0.5) is 0 Å². The highest BCUT2D eigenvalue weighted by molar-refractivity contribution is 5.69. The summed E-state index contributed by atoms with van der Waals surface area (Å²) in [5.41, 5.74) is 0. The van der Waals surface area contributed by atoms with Gasteiger partial charge in [-0.2, -0.15) is 0 Å². The molecule has 128 valence electrons. The summed E-state index contributed by atoms with van der Waals surface area (Å²) in [6.07, 6.45) is 6.33. The Labute approximate surface area is 127 Å². The second-order valence-corrected chi connectivity index (χ2v) is 4.84. The van der Waals surface area contributed by atoms with Gasteiger partial charge in [-0.15, -0.1) is 0 Å². The number of carbonyl (C=O) groups excluding carboxylic acids is 1. The van der Waals surface area contributed by atoms with Gasteiger partial charge in [0.2, 0.25) is 0 Å². The summed E-state index contributed by atoms with van der Waals surface area (Å²) in [5.74, 6) is -0.293. The molecule has 0 saturated carbocycles. The fraction of sp³-hybridized carbons (Fsp3) is 0.933. The Kier molecular flexibility index (Phi) is 20.8. The first-order valence-electron chi connectivity index (χ1n) is 7.78. The van der Waals surface area contributed by atoms with E-state index < -0.39 is 6.10 Å². The molecule has 6 nitrogen and oxygen atoms in total. The number of aliphatic hydroxyl groups is 4. The van der Waals surface area contributed by atoms with E-state index in [4.69, 9.17) is 25.2 Å². The number of hydrogen-bond acceptors (Lipinski definition) is 6. The van der Waals surface area contributed by atoms with Crippen molar-refractivity contribution < 1.29 is 30.0 Å². The number of unbranched alkanes of at least 4 members (excludes halogenated alkanes) is 5. The molecule has 1 unspecified atom stereocenters. The molecule has 4 N–H and O–H groups in total. The van der Waals surface area contributed by atoms with Crippen molar-refractivity contribution >= 4 is 5.97 Å². The standard InChI is InChI=1S/C11H22O4.C4H10O2/c1-2-3-4-5-6-7-11(14)15-9-10(13)8-12;5-3-1-2-4-6/h10,12-13H,2-9H2,1H3;5-6H,1-4H2. The molecule has 0 radical (unpaired) electrons. The van der Waals surface area contributed by atoms with Crippen molar-refractivity contribution in [1.29, 1.82) is 0 Å². The van der Waals surface area contributed by atoms with Crippen LogP contribution in [-0.2, 0) is 9.53 Å². The third-order valence-electron chi connectivity index (χ3n) is 2.70. The minimum Gasteiger partial charge on any atom is -0.463 e. The van der Waals surface area contributed by atoms with Crippen LogP contribution in [0.5, 0.6) is 0 Å². The topological polar surface area (TPSA) is 107 Å². The molecule has 0 aromatic rings. The summed E-state index contributed by atoms with van der Waals surface area (Å²) in [7, 11) is 0. The highest BCUT2D eigenvalue weighted by Gasteiger charge is 2.06. The predicted octanol–water partition coefficient (Wildman–Crippen LogP) is 0.994. The second-order valence-electron chi connectivity index (χ2n) is 4.84. The van der Waals surface area contributed by atoms with Gasteiger partial charge in [0, 0.05) is 19.6 Å². The van der Waals surface area contributed by atoms with Crippen molar-refractivity contribution in [1.82, 2.24) is 0 Å². The van der Waals surface area contributed by atoms with E-state index >= 15 is 0 Å². The van der Waals surface area contributed by atoms with Crippen LogP contribution in [0.2, 0.25) is 0 Å². The first kappa shape index (κ1) is 22.6. The Bertz CT molecular complexity index is 206. The minimum atomic E-state index is -0.950. The van der Waals surface area contributed by atoms with Crippen molar-refractivity contribution in [3.05, 3.63) is 0 Å². The molecule has 1 atom stereocenters. The summed E-state index contributed by atoms with van der Waals surface area (Å²) >= 11 is 0. The Hall–Kier alpha value is -0.690. The molecule has 0 spiro atoms. The van der Waals surface area contributed by atoms with Crippen molar-refractivity contribution in [2.45, 2.75) is 64.4 Å². The van der Waals surface area contributed by atoms with Gasteiger partial charge >= 0.3 is 5.97 Å². The van der Waals surface area contributed by atoms with Crippen LogP contribution in [0, 0.1) is 0 Å². The van der Waals surface area contributed by atoms with E-state index in [-0.39, 0.29) is 32.4 Å². The van der Waals surface area contributed by atoms with Gasteiger partial charge in [0.15, 0.2) is 0 Å². The summed E-state index contributed by atoms with van der Waals surface area (Å²) in [4.78, 5) is 11.1. The number of ether oxygens (including phenoxy) is 1. The quantitative estimate of drug-likeness (QED) is 0.316. The molecule has 0 fully saturated rings. The van der Waals surface area contributed by atoms with E-state index in [2.05, 4.69) is 6.92 Å². The molecule has 0 rings (SSSR count). The van der Waals surface area contributed by atoms with Crippen LogP contribution in [0.25, 0.3) is 0 Å². The smallest absolute Gasteiger partial charge is 0.305 e. The van der Waals surface area contributed by atoms with Crippen molar-refractivity contribution in [3.8, 4) is 0 Å². The van der Waals surface area contributed by atoms with Gasteiger partial charge in [-0.25, -0.2) is 0 Å². The number of carbonyl (C=O) groups is 1. The molecule has 0 aliphatic rings. The lowest BCUT2D eigenvalue weighted by atomic mass is 10.1. The minimum absolute atomic E-state index is 0.107. The van der Waals surface area contributed by atoms with Crippen LogP contribution >= 0.6 is 0 Å². The van der Waals surface area contributed by atoms with Crippen LogP contribution in [0.15, 0.2) is 0 Å². The fourth-order valence-electron chi connectivity index (χ4n) is 1.41. The molecule has 6 heteroatoms. The maximum Gasteiger partial charge on any atom is 0.305 e. The zero-order valence-corrected chi connectivity index (χ0v) is 13.2. The summed E-state index contributed by atoms with van der Waals surface area (Å²) in [6, 6.07) is 0. The van der Waals surface area contributed by atoms with Gasteiger partial charge in [0.25, 0.3) is 0 Å². The summed E-state index contributed by atoms with van der Waals surface area (Å²) in [6.45, 7) is 2.06. The molecule has 0 amide bonds. The van der Waals surface area contributed by atoms with Crippen LogP contribution in [0.1, 0.15) is 58.3 Å². The van der Waals surface area contributed by atoms with Crippen molar-refractivity contribution in [2.75, 3.05) is 26.4 Å². The average molecular weight is 308 g/mol. The SMILES string of the molecule is CCCCCCCC(=O)OCC(O)CO.OCCCCO. The first-order chi connectivity index (χ1) is 10.1. The molecule has 0 aromatic heterocycles. The second kappa shape index (κ2) is 19.3. The fourth-order valence-corrected chi connectivity index (χ4v) is 1.41. The third kappa shape index (κ3) is 21.8. The predicted molar refractivity (Wildman–Crippen MR) is 80.8 cm³/mol. The largest absolute Gasteiger partial charge is 0.463 e. The molecule has 0 aliphatic heterocycles. The lowest BCUT2D eigenvalue weighted by molar-refractivity contribution is -0.147. The monoisotopic (exact) mass is 308 g/mol. The Morgan fingerprint density at radius 2 is 1.52 bits per heavy atom. The highest BCUT2D eigenvalue weighted by Crippen LogP contribution is 2.05. The molecule has 0 aromatic carbocycles. The van der Waals surface area contributed by atoms with E-state index in [0.717, 1.165) is 32.1 Å². The normalized spacial score (nSPS) is 11.5. The van der Waals surface area contributed by atoms with Crippen molar-refractivity contribution in [2.24, 2.45) is 0 Å². The Morgan fingerprint density at radius 1 is 0.952 bits per heavy atom. The van der Waals surface area contributed by atoms with E-state index in [1.165, 1.54) is 12.8 Å². The van der Waals surface area contributed by atoms with Crippen LogP contribution in [-0.4, -0.2) is 58.9 Å². The number of rotatable bonds is 12. The number of esters is 1. The van der Waals surface area contributed by atoms with E-state index in [0.29, 0.717) is 6.42 Å². The maximum absolute atomic E-state index is 11.1. The zero-order valence-electron chi connectivity index (χ0n) is 13.2. The third-order valence-corrected chi connectivity index (χ3v) is 2.70. The zero-order chi connectivity index (χ0) is 16.3. The van der Waals surface area contributed by atoms with Crippen LogP contribution < -0.4 is 0 Å². The first-order valence-corrected chi connectivity index (χ1v) is 7.78. The van der Waals surface area contributed by atoms with E-state index in [1.54, 1.807) is 0 Å². The lowest BCUT2D eigenvalue weighted by Gasteiger charge is -2.08. The Balaban J connectivity index is 0. The average Bonchev–Trinajstić information content (AvgIpc) is 2.50. The molecule has 0 aliphatic carbocycles. The van der Waals surface area contributed by atoms with Gasteiger partial charge in [-0.3, -0.25) is 4.79 Å². The van der Waals surface area contributed by atoms with Gasteiger partial charge in [-0.1, -0.05) is 32.6 Å². The molecule has 21 heavy (non-hydrogen) atoms. The summed E-state index contributed by atoms with van der Waals surface area (Å²) in [5, 5.41) is 33.6. The van der Waals surface area contributed by atoms with Crippen LogP contribution in [0.3, 0.4) is 0 Å². The lowest BCUT2D eigenvalue weighted by Crippen LogP contribution is -2.21. The number of hydrogen-bond donors (Lipinski definition) is 4. The maximum atomic E-state index is 11.1. The van der Waals surface area contributed by atoms with E-state index in [1.807, 2.05) is 0 Å². The van der Waals surface area contributed by atoms with Gasteiger partial charge < -0.3 is 25.2 Å². The number of aliphatic hydroxyl groups excluding tert-OH is 4. The summed E-state index contributed by atoms with van der Waals surface area (Å²) < 4.78 is 4.75. The molecule has 0 saturated heterocycles. The van der Waals surface area contributed by atoms with Gasteiger partial charge in [-0.05, 0) is 19.3 Å². The van der Waals surface area contributed by atoms with Crippen molar-refractivity contribution in [3.63, 3.8) is 0 Å². The Morgan fingerprint density at radius 3 is 2.00 bits per heavy atom.